The fourth-order valence-electron chi connectivity index (χ4n) is 0.745. The Morgan fingerprint density at radius 1 is 1.40 bits per heavy atom. The second kappa shape index (κ2) is 3.27. The second-order valence-corrected chi connectivity index (χ2v) is 2.87. The standard InChI is InChI=1S/C8H7Cl2/c1-2-6-3-7(9)5-8(10)4-6/h3,5H,2H2,1H3. The zero-order valence-corrected chi connectivity index (χ0v) is 7.13. The molecule has 1 rings (SSSR count). The van der Waals surface area contributed by atoms with E-state index in [-0.39, 0.29) is 0 Å². The number of halogens is 2. The largest absolute Gasteiger partial charge is 0.0843 e. The van der Waals surface area contributed by atoms with Crippen molar-refractivity contribution in [1.82, 2.24) is 0 Å². The molecule has 1 aromatic rings. The van der Waals surface area contributed by atoms with Crippen LogP contribution in [0.3, 0.4) is 0 Å². The van der Waals surface area contributed by atoms with Gasteiger partial charge in [-0.05, 0) is 24.1 Å². The Morgan fingerprint density at radius 3 is 2.60 bits per heavy atom. The smallest absolute Gasteiger partial charge is 0.0502 e. The van der Waals surface area contributed by atoms with E-state index in [2.05, 4.69) is 6.07 Å². The minimum absolute atomic E-state index is 0.587. The van der Waals surface area contributed by atoms with Crippen molar-refractivity contribution in [3.05, 3.63) is 33.8 Å². The van der Waals surface area contributed by atoms with Crippen LogP contribution < -0.4 is 0 Å². The van der Waals surface area contributed by atoms with E-state index in [9.17, 15) is 0 Å². The molecule has 1 radical (unpaired) electrons. The molecule has 0 nitrogen and oxygen atoms in total. The molecular formula is C8H7Cl2. The summed E-state index contributed by atoms with van der Waals surface area (Å²) >= 11 is 11.4. The molecule has 0 fully saturated rings. The summed E-state index contributed by atoms with van der Waals surface area (Å²) in [6.07, 6.45) is 0.917. The van der Waals surface area contributed by atoms with E-state index in [1.807, 2.05) is 13.0 Å². The Balaban J connectivity index is 3.06. The minimum atomic E-state index is 0.587. The van der Waals surface area contributed by atoms with E-state index in [4.69, 9.17) is 23.2 Å². The summed E-state index contributed by atoms with van der Waals surface area (Å²) in [5.74, 6) is 0. The van der Waals surface area contributed by atoms with Crippen LogP contribution in [0.15, 0.2) is 12.1 Å². The van der Waals surface area contributed by atoms with E-state index >= 15 is 0 Å². The van der Waals surface area contributed by atoms with E-state index in [1.54, 1.807) is 6.07 Å². The van der Waals surface area contributed by atoms with E-state index in [1.165, 1.54) is 0 Å². The van der Waals surface area contributed by atoms with Crippen molar-refractivity contribution in [3.63, 3.8) is 0 Å². The van der Waals surface area contributed by atoms with Gasteiger partial charge in [0.2, 0.25) is 0 Å². The van der Waals surface area contributed by atoms with Crippen LogP contribution in [0.25, 0.3) is 0 Å². The number of benzene rings is 1. The average Bonchev–Trinajstić information content (AvgIpc) is 1.85. The Morgan fingerprint density at radius 2 is 2.10 bits per heavy atom. The van der Waals surface area contributed by atoms with Crippen LogP contribution in [0.2, 0.25) is 10.0 Å². The average molecular weight is 174 g/mol. The summed E-state index contributed by atoms with van der Waals surface area (Å²) < 4.78 is 0. The van der Waals surface area contributed by atoms with E-state index < -0.39 is 0 Å². The number of rotatable bonds is 1. The fraction of sp³-hybridized carbons (Fsp3) is 0.250. The summed E-state index contributed by atoms with van der Waals surface area (Å²) in [6.45, 7) is 2.04. The summed E-state index contributed by atoms with van der Waals surface area (Å²) in [7, 11) is 0. The van der Waals surface area contributed by atoms with Crippen LogP contribution in [-0.4, -0.2) is 0 Å². The normalized spacial score (nSPS) is 9.90. The third-order valence-corrected chi connectivity index (χ3v) is 1.66. The lowest BCUT2D eigenvalue weighted by molar-refractivity contribution is 1.14. The Hall–Kier alpha value is -0.200. The van der Waals surface area contributed by atoms with Crippen molar-refractivity contribution in [3.8, 4) is 0 Å². The first-order valence-electron chi connectivity index (χ1n) is 3.09. The molecule has 0 heterocycles. The van der Waals surface area contributed by atoms with Crippen molar-refractivity contribution in [2.45, 2.75) is 13.3 Å². The predicted molar refractivity (Wildman–Crippen MR) is 44.7 cm³/mol. The first-order valence-corrected chi connectivity index (χ1v) is 3.85. The molecule has 1 aromatic carbocycles. The molecule has 0 aliphatic heterocycles. The quantitative estimate of drug-likeness (QED) is 0.612. The lowest BCUT2D eigenvalue weighted by atomic mass is 10.2. The third-order valence-electron chi connectivity index (χ3n) is 1.24. The van der Waals surface area contributed by atoms with Crippen molar-refractivity contribution in [2.24, 2.45) is 0 Å². The van der Waals surface area contributed by atoms with Crippen molar-refractivity contribution in [1.29, 1.82) is 0 Å². The fourth-order valence-corrected chi connectivity index (χ4v) is 1.28. The minimum Gasteiger partial charge on any atom is -0.0843 e. The van der Waals surface area contributed by atoms with Gasteiger partial charge in [-0.15, -0.1) is 0 Å². The monoisotopic (exact) mass is 173 g/mol. The molecule has 0 spiro atoms. The van der Waals surface area contributed by atoms with Gasteiger partial charge in [0.25, 0.3) is 0 Å². The van der Waals surface area contributed by atoms with Gasteiger partial charge in [-0.25, -0.2) is 0 Å². The Kier molecular flexibility index (Phi) is 2.58. The molecule has 53 valence electrons. The second-order valence-electron chi connectivity index (χ2n) is 2.03. The summed E-state index contributed by atoms with van der Waals surface area (Å²) in [5, 5.41) is 1.27. The highest BCUT2D eigenvalue weighted by Crippen LogP contribution is 2.18. The molecule has 0 saturated heterocycles. The molecule has 0 atom stereocenters. The molecule has 0 N–H and O–H groups in total. The van der Waals surface area contributed by atoms with Gasteiger partial charge in [0.1, 0.15) is 0 Å². The van der Waals surface area contributed by atoms with Gasteiger partial charge in [0.05, 0.1) is 5.02 Å². The van der Waals surface area contributed by atoms with Gasteiger partial charge in [0.15, 0.2) is 0 Å². The number of aryl methyl sites for hydroxylation is 1. The molecule has 0 amide bonds. The van der Waals surface area contributed by atoms with Crippen LogP contribution in [0.1, 0.15) is 12.5 Å². The first-order chi connectivity index (χ1) is 4.72. The molecular weight excluding hydrogens is 167 g/mol. The predicted octanol–water partition coefficient (Wildman–Crippen LogP) is 3.36. The van der Waals surface area contributed by atoms with Crippen molar-refractivity contribution >= 4 is 23.2 Å². The molecule has 0 aliphatic carbocycles. The molecule has 2 heteroatoms. The van der Waals surface area contributed by atoms with Crippen LogP contribution in [-0.2, 0) is 6.42 Å². The number of hydrogen-bond donors (Lipinski definition) is 0. The highest BCUT2D eigenvalue weighted by molar-refractivity contribution is 6.34. The lowest BCUT2D eigenvalue weighted by Gasteiger charge is -1.96. The summed E-state index contributed by atoms with van der Waals surface area (Å²) in [5.41, 5.74) is 1.05. The first kappa shape index (κ1) is 7.90. The number of hydrogen-bond acceptors (Lipinski definition) is 0. The molecule has 10 heavy (non-hydrogen) atoms. The van der Waals surface area contributed by atoms with Gasteiger partial charge < -0.3 is 0 Å². The van der Waals surface area contributed by atoms with Crippen LogP contribution >= 0.6 is 23.2 Å². The summed E-state index contributed by atoms with van der Waals surface area (Å²) in [4.78, 5) is 0. The molecule has 0 aliphatic rings. The van der Waals surface area contributed by atoms with Gasteiger partial charge >= 0.3 is 0 Å². The third kappa shape index (κ3) is 1.89. The maximum Gasteiger partial charge on any atom is 0.0502 e. The maximum absolute atomic E-state index is 5.72. The zero-order chi connectivity index (χ0) is 7.56. The molecule has 0 saturated carbocycles. The highest BCUT2D eigenvalue weighted by atomic mass is 35.5. The topological polar surface area (TPSA) is 0 Å². The Bertz CT molecular complexity index is 210. The molecule has 0 aromatic heterocycles. The van der Waals surface area contributed by atoms with Crippen LogP contribution in [0, 0.1) is 6.07 Å². The van der Waals surface area contributed by atoms with Crippen LogP contribution in [0.4, 0.5) is 0 Å². The SMILES string of the molecule is CCc1[c]c(Cl)cc(Cl)c1. The Labute approximate surface area is 70.8 Å². The van der Waals surface area contributed by atoms with Gasteiger partial charge in [-0.1, -0.05) is 30.1 Å². The highest BCUT2D eigenvalue weighted by Gasteiger charge is 1.95. The van der Waals surface area contributed by atoms with E-state index in [0.717, 1.165) is 12.0 Å². The van der Waals surface area contributed by atoms with Gasteiger partial charge in [-0.3, -0.25) is 0 Å². The van der Waals surface area contributed by atoms with Gasteiger partial charge in [0, 0.05) is 11.1 Å². The van der Waals surface area contributed by atoms with Crippen molar-refractivity contribution < 1.29 is 0 Å². The molecule has 0 bridgehead atoms. The van der Waals surface area contributed by atoms with Crippen molar-refractivity contribution in [2.75, 3.05) is 0 Å². The molecule has 0 unspecified atom stereocenters. The lowest BCUT2D eigenvalue weighted by Crippen LogP contribution is -1.79. The maximum atomic E-state index is 5.72. The van der Waals surface area contributed by atoms with E-state index in [0.29, 0.717) is 10.0 Å². The zero-order valence-electron chi connectivity index (χ0n) is 5.62. The van der Waals surface area contributed by atoms with Gasteiger partial charge in [-0.2, -0.15) is 0 Å². The van der Waals surface area contributed by atoms with Crippen LogP contribution in [0.5, 0.6) is 0 Å². The summed E-state index contributed by atoms with van der Waals surface area (Å²) in [6, 6.07) is 6.53.